The van der Waals surface area contributed by atoms with Gasteiger partial charge in [0, 0.05) is 23.3 Å². The summed E-state index contributed by atoms with van der Waals surface area (Å²) in [7, 11) is 0. The van der Waals surface area contributed by atoms with Crippen LogP contribution in [0.25, 0.3) is 0 Å². The molecule has 0 aromatic carbocycles. The van der Waals surface area contributed by atoms with Crippen LogP contribution in [-0.2, 0) is 11.3 Å². The van der Waals surface area contributed by atoms with E-state index in [1.54, 1.807) is 23.9 Å². The number of H-pyrrole nitrogens is 1. The molecule has 0 bridgehead atoms. The monoisotopic (exact) mass is 251 g/mol. The molecule has 0 spiro atoms. The van der Waals surface area contributed by atoms with Gasteiger partial charge in [-0.25, -0.2) is 4.98 Å². The van der Waals surface area contributed by atoms with Gasteiger partial charge in [0.1, 0.15) is 0 Å². The predicted molar refractivity (Wildman–Crippen MR) is 64.7 cm³/mol. The van der Waals surface area contributed by atoms with Crippen LogP contribution in [-0.4, -0.2) is 21.0 Å². The number of aromatic amines is 1. The third-order valence-electron chi connectivity index (χ3n) is 2.36. The summed E-state index contributed by atoms with van der Waals surface area (Å²) in [6.07, 6.45) is 3.41. The van der Waals surface area contributed by atoms with Crippen LogP contribution < -0.4 is 5.32 Å². The number of aromatic nitrogens is 2. The Morgan fingerprint density at radius 3 is 3.12 bits per heavy atom. The maximum atomic E-state index is 10.8. The van der Waals surface area contributed by atoms with Crippen molar-refractivity contribution in [1.29, 1.82) is 0 Å². The van der Waals surface area contributed by atoms with E-state index in [1.807, 2.05) is 17.5 Å². The molecule has 2 heterocycles. The van der Waals surface area contributed by atoms with Crippen LogP contribution in [0.4, 0.5) is 0 Å². The van der Waals surface area contributed by atoms with E-state index in [4.69, 9.17) is 5.11 Å². The summed E-state index contributed by atoms with van der Waals surface area (Å²) in [5.74, 6) is -0.805. The third kappa shape index (κ3) is 3.40. The van der Waals surface area contributed by atoms with Gasteiger partial charge in [-0.2, -0.15) is 0 Å². The Labute approximate surface area is 103 Å². The van der Waals surface area contributed by atoms with Gasteiger partial charge >= 0.3 is 5.97 Å². The van der Waals surface area contributed by atoms with E-state index in [0.717, 1.165) is 10.6 Å². The van der Waals surface area contributed by atoms with E-state index in [1.165, 1.54) is 0 Å². The smallest absolute Gasteiger partial charge is 0.305 e. The Bertz CT molecular complexity index is 453. The van der Waals surface area contributed by atoms with Gasteiger partial charge in [0.05, 0.1) is 18.8 Å². The van der Waals surface area contributed by atoms with E-state index in [9.17, 15) is 4.79 Å². The highest BCUT2D eigenvalue weighted by Gasteiger charge is 2.15. The molecule has 0 saturated carbocycles. The summed E-state index contributed by atoms with van der Waals surface area (Å²) in [6, 6.07) is 3.71. The number of aliphatic carboxylic acids is 1. The maximum Gasteiger partial charge on any atom is 0.305 e. The summed E-state index contributed by atoms with van der Waals surface area (Å²) >= 11 is 1.56. The zero-order valence-electron chi connectivity index (χ0n) is 9.09. The average Bonchev–Trinajstić information content (AvgIpc) is 2.96. The SMILES string of the molecule is O=C(O)CC(NCc1cnc[nH]1)c1cccs1. The minimum Gasteiger partial charge on any atom is -0.481 e. The zero-order chi connectivity index (χ0) is 12.1. The van der Waals surface area contributed by atoms with Gasteiger partial charge in [0.2, 0.25) is 0 Å². The zero-order valence-corrected chi connectivity index (χ0v) is 9.91. The molecule has 2 rings (SSSR count). The quantitative estimate of drug-likeness (QED) is 0.731. The van der Waals surface area contributed by atoms with Crippen molar-refractivity contribution in [2.75, 3.05) is 0 Å². The van der Waals surface area contributed by atoms with Crippen LogP contribution in [0.5, 0.6) is 0 Å². The number of carbonyl (C=O) groups is 1. The number of nitrogens with zero attached hydrogens (tertiary/aromatic N) is 1. The van der Waals surface area contributed by atoms with Gasteiger partial charge in [-0.1, -0.05) is 6.07 Å². The maximum absolute atomic E-state index is 10.8. The fourth-order valence-corrected chi connectivity index (χ4v) is 2.35. The molecule has 0 aliphatic heterocycles. The van der Waals surface area contributed by atoms with Crippen molar-refractivity contribution in [3.63, 3.8) is 0 Å². The molecule has 3 N–H and O–H groups in total. The number of hydrogen-bond donors (Lipinski definition) is 3. The summed E-state index contributed by atoms with van der Waals surface area (Å²) in [5.41, 5.74) is 0.942. The van der Waals surface area contributed by atoms with Crippen molar-refractivity contribution < 1.29 is 9.90 Å². The van der Waals surface area contributed by atoms with E-state index in [2.05, 4.69) is 15.3 Å². The van der Waals surface area contributed by atoms with Crippen LogP contribution in [0.15, 0.2) is 30.0 Å². The standard InChI is InChI=1S/C11H13N3O2S/c15-11(16)4-9(10-2-1-3-17-10)13-6-8-5-12-7-14-8/h1-3,5,7,9,13H,4,6H2,(H,12,14)(H,15,16). The first-order chi connectivity index (χ1) is 8.25. The molecule has 6 heteroatoms. The second kappa shape index (κ2) is 5.60. The molecule has 5 nitrogen and oxygen atoms in total. The Morgan fingerprint density at radius 1 is 1.65 bits per heavy atom. The molecule has 2 aromatic heterocycles. The van der Waals surface area contributed by atoms with Crippen molar-refractivity contribution in [3.8, 4) is 0 Å². The van der Waals surface area contributed by atoms with Gasteiger partial charge < -0.3 is 15.4 Å². The topological polar surface area (TPSA) is 78.0 Å². The lowest BCUT2D eigenvalue weighted by molar-refractivity contribution is -0.137. The summed E-state index contributed by atoms with van der Waals surface area (Å²) in [5, 5.41) is 14.0. The number of rotatable bonds is 6. The third-order valence-corrected chi connectivity index (χ3v) is 3.35. The van der Waals surface area contributed by atoms with Gasteiger partial charge in [0.15, 0.2) is 0 Å². The minimum absolute atomic E-state index is 0.0780. The minimum atomic E-state index is -0.805. The Hall–Kier alpha value is -1.66. The average molecular weight is 251 g/mol. The molecule has 0 aliphatic carbocycles. The predicted octanol–water partition coefficient (Wildman–Crippen LogP) is 1.78. The molecule has 0 fully saturated rings. The van der Waals surface area contributed by atoms with Crippen molar-refractivity contribution in [3.05, 3.63) is 40.6 Å². The normalized spacial score (nSPS) is 12.5. The molecule has 1 unspecified atom stereocenters. The second-order valence-electron chi connectivity index (χ2n) is 3.62. The Morgan fingerprint density at radius 2 is 2.53 bits per heavy atom. The molecule has 1 atom stereocenters. The molecule has 0 radical (unpaired) electrons. The molecular formula is C11H13N3O2S. The van der Waals surface area contributed by atoms with Crippen molar-refractivity contribution >= 4 is 17.3 Å². The van der Waals surface area contributed by atoms with Crippen LogP contribution in [0, 0.1) is 0 Å². The molecule has 17 heavy (non-hydrogen) atoms. The van der Waals surface area contributed by atoms with Crippen LogP contribution in [0.3, 0.4) is 0 Å². The lowest BCUT2D eigenvalue weighted by Crippen LogP contribution is -2.22. The van der Waals surface area contributed by atoms with E-state index in [-0.39, 0.29) is 12.5 Å². The number of thiophene rings is 1. The van der Waals surface area contributed by atoms with Gasteiger partial charge in [0.25, 0.3) is 0 Å². The largest absolute Gasteiger partial charge is 0.481 e. The van der Waals surface area contributed by atoms with E-state index >= 15 is 0 Å². The summed E-state index contributed by atoms with van der Waals surface area (Å²) in [6.45, 7) is 0.579. The van der Waals surface area contributed by atoms with Crippen LogP contribution in [0.2, 0.25) is 0 Å². The van der Waals surface area contributed by atoms with Crippen LogP contribution >= 0.6 is 11.3 Å². The van der Waals surface area contributed by atoms with E-state index < -0.39 is 5.97 Å². The number of hydrogen-bond acceptors (Lipinski definition) is 4. The fourth-order valence-electron chi connectivity index (χ4n) is 1.55. The van der Waals surface area contributed by atoms with Gasteiger partial charge in [-0.3, -0.25) is 4.79 Å². The Kier molecular flexibility index (Phi) is 3.89. The highest BCUT2D eigenvalue weighted by atomic mass is 32.1. The first-order valence-electron chi connectivity index (χ1n) is 5.21. The highest BCUT2D eigenvalue weighted by molar-refractivity contribution is 7.10. The number of carboxylic acids is 1. The molecular weight excluding hydrogens is 238 g/mol. The summed E-state index contributed by atoms with van der Waals surface area (Å²) < 4.78 is 0. The molecule has 0 amide bonds. The van der Waals surface area contributed by atoms with Crippen molar-refractivity contribution in [1.82, 2.24) is 15.3 Å². The first kappa shape index (κ1) is 11.8. The number of imidazole rings is 1. The number of carboxylic acid groups (broad SMARTS) is 1. The van der Waals surface area contributed by atoms with E-state index in [0.29, 0.717) is 6.54 Å². The Balaban J connectivity index is 1.98. The van der Waals surface area contributed by atoms with Crippen molar-refractivity contribution in [2.24, 2.45) is 0 Å². The second-order valence-corrected chi connectivity index (χ2v) is 4.60. The highest BCUT2D eigenvalue weighted by Crippen LogP contribution is 2.22. The lowest BCUT2D eigenvalue weighted by Gasteiger charge is -2.14. The van der Waals surface area contributed by atoms with Gasteiger partial charge in [-0.15, -0.1) is 11.3 Å². The number of nitrogens with one attached hydrogen (secondary N) is 2. The summed E-state index contributed by atoms with van der Waals surface area (Å²) in [4.78, 5) is 18.7. The lowest BCUT2D eigenvalue weighted by atomic mass is 10.1. The molecule has 2 aromatic rings. The molecule has 0 aliphatic rings. The fraction of sp³-hybridized carbons (Fsp3) is 0.273. The van der Waals surface area contributed by atoms with Gasteiger partial charge in [-0.05, 0) is 11.4 Å². The molecule has 0 saturated heterocycles. The molecule has 90 valence electrons. The first-order valence-corrected chi connectivity index (χ1v) is 6.09. The van der Waals surface area contributed by atoms with Crippen molar-refractivity contribution in [2.45, 2.75) is 19.0 Å². The van der Waals surface area contributed by atoms with Crippen LogP contribution in [0.1, 0.15) is 23.0 Å².